The molecule has 1 aromatic carbocycles. The third-order valence-corrected chi connectivity index (χ3v) is 4.78. The van der Waals surface area contributed by atoms with E-state index in [1.54, 1.807) is 0 Å². The minimum Gasteiger partial charge on any atom is -0.376 e. The molecule has 4 nitrogen and oxygen atoms in total. The van der Waals surface area contributed by atoms with Crippen molar-refractivity contribution >= 4 is 29.9 Å². The van der Waals surface area contributed by atoms with Crippen molar-refractivity contribution in [2.24, 2.45) is 16.8 Å². The number of hydrogen-bond donors (Lipinski definition) is 1. The van der Waals surface area contributed by atoms with Gasteiger partial charge in [-0.3, -0.25) is 4.99 Å². The van der Waals surface area contributed by atoms with Crippen molar-refractivity contribution in [1.82, 2.24) is 10.2 Å². The Bertz CT molecular complexity index is 523. The molecule has 3 rings (SSSR count). The van der Waals surface area contributed by atoms with Crippen molar-refractivity contribution in [3.63, 3.8) is 0 Å². The highest BCUT2D eigenvalue weighted by Crippen LogP contribution is 2.29. The van der Waals surface area contributed by atoms with E-state index in [0.29, 0.717) is 18.6 Å². The monoisotopic (exact) mass is 443 g/mol. The first kappa shape index (κ1) is 19.5. The lowest BCUT2D eigenvalue weighted by Gasteiger charge is -2.22. The highest BCUT2D eigenvalue weighted by Gasteiger charge is 2.35. The molecule has 5 heteroatoms. The quantitative estimate of drug-likeness (QED) is 0.416. The van der Waals surface area contributed by atoms with E-state index in [-0.39, 0.29) is 24.0 Å². The first-order chi connectivity index (χ1) is 11.3. The van der Waals surface area contributed by atoms with Gasteiger partial charge >= 0.3 is 0 Å². The Morgan fingerprint density at radius 2 is 2.08 bits per heavy atom. The molecule has 1 heterocycles. The Hall–Kier alpha value is -0.820. The van der Waals surface area contributed by atoms with E-state index in [9.17, 15) is 0 Å². The largest absolute Gasteiger partial charge is 0.376 e. The van der Waals surface area contributed by atoms with Crippen LogP contribution in [0, 0.1) is 11.8 Å². The SMILES string of the molecule is CCN=C(NC1CC1C)N1CCC(COCc2ccccc2)C1.I. The predicted octanol–water partition coefficient (Wildman–Crippen LogP) is 3.52. The van der Waals surface area contributed by atoms with Gasteiger partial charge in [0.1, 0.15) is 0 Å². The molecule has 1 aliphatic heterocycles. The highest BCUT2D eigenvalue weighted by molar-refractivity contribution is 14.0. The van der Waals surface area contributed by atoms with E-state index < -0.39 is 0 Å². The topological polar surface area (TPSA) is 36.9 Å². The second-order valence-electron chi connectivity index (χ2n) is 6.86. The lowest BCUT2D eigenvalue weighted by atomic mass is 10.1. The number of hydrogen-bond acceptors (Lipinski definition) is 2. The summed E-state index contributed by atoms with van der Waals surface area (Å²) in [6.07, 6.45) is 2.47. The van der Waals surface area contributed by atoms with Crippen LogP contribution in [0.15, 0.2) is 35.3 Å². The third-order valence-electron chi connectivity index (χ3n) is 4.78. The maximum absolute atomic E-state index is 5.92. The number of aliphatic imine (C=N–C) groups is 1. The number of guanidine groups is 1. The fraction of sp³-hybridized carbons (Fsp3) is 0.632. The summed E-state index contributed by atoms with van der Waals surface area (Å²) in [5.74, 6) is 2.51. The molecular weight excluding hydrogens is 413 g/mol. The van der Waals surface area contributed by atoms with Crippen molar-refractivity contribution in [1.29, 1.82) is 0 Å². The number of nitrogens with zero attached hydrogens (tertiary/aromatic N) is 2. The summed E-state index contributed by atoms with van der Waals surface area (Å²) in [5.41, 5.74) is 1.25. The number of halogens is 1. The van der Waals surface area contributed by atoms with Crippen molar-refractivity contribution in [3.05, 3.63) is 35.9 Å². The second kappa shape index (κ2) is 9.61. The van der Waals surface area contributed by atoms with Gasteiger partial charge in [0.25, 0.3) is 0 Å². The van der Waals surface area contributed by atoms with Gasteiger partial charge in [0.15, 0.2) is 5.96 Å². The summed E-state index contributed by atoms with van der Waals surface area (Å²) in [5, 5.41) is 3.62. The number of ether oxygens (including phenoxy) is 1. The van der Waals surface area contributed by atoms with Gasteiger partial charge in [-0.05, 0) is 31.2 Å². The van der Waals surface area contributed by atoms with Crippen LogP contribution in [0.25, 0.3) is 0 Å². The van der Waals surface area contributed by atoms with Gasteiger partial charge in [-0.15, -0.1) is 24.0 Å². The van der Waals surface area contributed by atoms with Gasteiger partial charge in [-0.2, -0.15) is 0 Å². The molecule has 0 radical (unpaired) electrons. The standard InChI is InChI=1S/C19H29N3O.HI/c1-3-20-19(21-18-11-15(18)2)22-10-9-17(12-22)14-23-13-16-7-5-4-6-8-16;/h4-8,15,17-18H,3,9-14H2,1-2H3,(H,20,21);1H. The van der Waals surface area contributed by atoms with Gasteiger partial charge in [0, 0.05) is 31.6 Å². The molecule has 1 aromatic rings. The molecule has 3 atom stereocenters. The van der Waals surface area contributed by atoms with Gasteiger partial charge in [-0.25, -0.2) is 0 Å². The third kappa shape index (κ3) is 5.62. The van der Waals surface area contributed by atoms with Gasteiger partial charge in [0.2, 0.25) is 0 Å². The fourth-order valence-corrected chi connectivity index (χ4v) is 3.15. The van der Waals surface area contributed by atoms with Crippen LogP contribution < -0.4 is 5.32 Å². The Kier molecular flexibility index (Phi) is 7.81. The molecular formula is C19H30IN3O. The number of likely N-dealkylation sites (tertiary alicyclic amines) is 1. The lowest BCUT2D eigenvalue weighted by molar-refractivity contribution is 0.0906. The van der Waals surface area contributed by atoms with Crippen molar-refractivity contribution < 1.29 is 4.74 Å². The Morgan fingerprint density at radius 1 is 1.33 bits per heavy atom. The first-order valence-corrected chi connectivity index (χ1v) is 8.94. The number of rotatable bonds is 6. The van der Waals surface area contributed by atoms with E-state index in [1.807, 2.05) is 6.07 Å². The summed E-state index contributed by atoms with van der Waals surface area (Å²) in [4.78, 5) is 7.08. The lowest BCUT2D eigenvalue weighted by Crippen LogP contribution is -2.42. The number of benzene rings is 1. The van der Waals surface area contributed by atoms with Crippen LogP contribution in [-0.4, -0.2) is 43.1 Å². The van der Waals surface area contributed by atoms with E-state index in [0.717, 1.165) is 38.1 Å². The zero-order valence-corrected chi connectivity index (χ0v) is 17.1. The molecule has 2 aliphatic rings. The normalized spacial score (nSPS) is 26.2. The predicted molar refractivity (Wildman–Crippen MR) is 110 cm³/mol. The van der Waals surface area contributed by atoms with E-state index in [1.165, 1.54) is 18.4 Å². The molecule has 134 valence electrons. The number of nitrogens with one attached hydrogen (secondary N) is 1. The van der Waals surface area contributed by atoms with E-state index >= 15 is 0 Å². The molecule has 1 N–H and O–H groups in total. The molecule has 2 fully saturated rings. The summed E-state index contributed by atoms with van der Waals surface area (Å²) < 4.78 is 5.92. The molecule has 0 bridgehead atoms. The molecule has 3 unspecified atom stereocenters. The van der Waals surface area contributed by atoms with Crippen LogP contribution in [0.5, 0.6) is 0 Å². The van der Waals surface area contributed by atoms with Crippen molar-refractivity contribution in [3.8, 4) is 0 Å². The van der Waals surface area contributed by atoms with Crippen LogP contribution in [0.1, 0.15) is 32.3 Å². The van der Waals surface area contributed by atoms with Crippen LogP contribution in [-0.2, 0) is 11.3 Å². The summed E-state index contributed by atoms with van der Waals surface area (Å²) in [7, 11) is 0. The minimum absolute atomic E-state index is 0. The summed E-state index contributed by atoms with van der Waals surface area (Å²) in [6, 6.07) is 11.0. The summed E-state index contributed by atoms with van der Waals surface area (Å²) >= 11 is 0. The molecule has 1 saturated carbocycles. The zero-order valence-electron chi connectivity index (χ0n) is 14.8. The van der Waals surface area contributed by atoms with Crippen molar-refractivity contribution in [2.75, 3.05) is 26.2 Å². The smallest absolute Gasteiger partial charge is 0.194 e. The van der Waals surface area contributed by atoms with Gasteiger partial charge < -0.3 is 15.0 Å². The maximum atomic E-state index is 5.92. The van der Waals surface area contributed by atoms with E-state index in [4.69, 9.17) is 4.74 Å². The first-order valence-electron chi connectivity index (χ1n) is 8.94. The molecule has 0 aromatic heterocycles. The van der Waals surface area contributed by atoms with E-state index in [2.05, 4.69) is 53.3 Å². The second-order valence-corrected chi connectivity index (χ2v) is 6.86. The molecule has 24 heavy (non-hydrogen) atoms. The van der Waals surface area contributed by atoms with Crippen LogP contribution in [0.3, 0.4) is 0 Å². The molecule has 0 amide bonds. The maximum Gasteiger partial charge on any atom is 0.194 e. The minimum atomic E-state index is 0. The highest BCUT2D eigenvalue weighted by atomic mass is 127. The Balaban J connectivity index is 0.00000208. The average Bonchev–Trinajstić information content (AvgIpc) is 3.07. The van der Waals surface area contributed by atoms with Crippen molar-refractivity contribution in [2.45, 2.75) is 39.3 Å². The van der Waals surface area contributed by atoms with Crippen LogP contribution in [0.2, 0.25) is 0 Å². The van der Waals surface area contributed by atoms with Gasteiger partial charge in [0.05, 0.1) is 13.2 Å². The van der Waals surface area contributed by atoms with Crippen LogP contribution in [0.4, 0.5) is 0 Å². The molecule has 1 aliphatic carbocycles. The zero-order chi connectivity index (χ0) is 16.1. The Morgan fingerprint density at radius 3 is 2.75 bits per heavy atom. The molecule has 1 saturated heterocycles. The van der Waals surface area contributed by atoms with Crippen LogP contribution >= 0.6 is 24.0 Å². The summed E-state index contributed by atoms with van der Waals surface area (Å²) in [6.45, 7) is 8.94. The van der Waals surface area contributed by atoms with Gasteiger partial charge in [-0.1, -0.05) is 37.3 Å². The Labute approximate surface area is 163 Å². The average molecular weight is 443 g/mol. The fourth-order valence-electron chi connectivity index (χ4n) is 3.15. The molecule has 0 spiro atoms.